The van der Waals surface area contributed by atoms with Crippen molar-refractivity contribution in [1.82, 2.24) is 9.78 Å². The third-order valence-electron chi connectivity index (χ3n) is 2.29. The summed E-state index contributed by atoms with van der Waals surface area (Å²) < 4.78 is 39.1. The van der Waals surface area contributed by atoms with E-state index in [1.807, 2.05) is 0 Å². The summed E-state index contributed by atoms with van der Waals surface area (Å²) >= 11 is 0. The van der Waals surface area contributed by atoms with E-state index in [1.54, 1.807) is 0 Å². The number of carboxylic acid groups (broad SMARTS) is 1. The molecular formula is C11H7F3N2O2. The SMILES string of the molecule is O=C(O)c1cnn(-c2ccccc2C(F)(F)F)c1. The third kappa shape index (κ3) is 2.20. The number of hydrogen-bond donors (Lipinski definition) is 1. The van der Waals surface area contributed by atoms with Gasteiger partial charge in [0.05, 0.1) is 23.0 Å². The van der Waals surface area contributed by atoms with Crippen LogP contribution in [0.3, 0.4) is 0 Å². The zero-order valence-corrected chi connectivity index (χ0v) is 8.85. The molecule has 0 aliphatic heterocycles. The van der Waals surface area contributed by atoms with Gasteiger partial charge in [0.25, 0.3) is 0 Å². The summed E-state index contributed by atoms with van der Waals surface area (Å²) in [6.07, 6.45) is -2.49. The lowest BCUT2D eigenvalue weighted by molar-refractivity contribution is -0.137. The minimum absolute atomic E-state index is 0.174. The molecule has 2 rings (SSSR count). The van der Waals surface area contributed by atoms with E-state index in [-0.39, 0.29) is 11.3 Å². The summed E-state index contributed by atoms with van der Waals surface area (Å²) in [6.45, 7) is 0. The molecule has 0 saturated heterocycles. The van der Waals surface area contributed by atoms with Gasteiger partial charge in [-0.2, -0.15) is 18.3 Å². The van der Waals surface area contributed by atoms with Crippen LogP contribution in [0.25, 0.3) is 5.69 Å². The standard InChI is InChI=1S/C11H7F3N2O2/c12-11(13,14)8-3-1-2-4-9(8)16-6-7(5-15-16)10(17)18/h1-6H,(H,17,18). The fourth-order valence-corrected chi connectivity index (χ4v) is 1.48. The van der Waals surface area contributed by atoms with Crippen molar-refractivity contribution < 1.29 is 23.1 Å². The predicted octanol–water partition coefficient (Wildman–Crippen LogP) is 2.59. The molecule has 2 aromatic rings. The van der Waals surface area contributed by atoms with E-state index < -0.39 is 17.7 Å². The smallest absolute Gasteiger partial charge is 0.418 e. The first-order chi connectivity index (χ1) is 8.39. The molecule has 1 aromatic heterocycles. The average molecular weight is 256 g/mol. The maximum atomic E-state index is 12.7. The molecule has 0 aliphatic carbocycles. The van der Waals surface area contributed by atoms with Gasteiger partial charge in [-0.15, -0.1) is 0 Å². The molecule has 1 aromatic carbocycles. The van der Waals surface area contributed by atoms with Crippen LogP contribution in [0, 0.1) is 0 Å². The molecule has 1 N–H and O–H groups in total. The van der Waals surface area contributed by atoms with Crippen LogP contribution < -0.4 is 0 Å². The Balaban J connectivity index is 2.53. The Bertz CT molecular complexity index is 590. The second-order valence-corrected chi connectivity index (χ2v) is 3.49. The second-order valence-electron chi connectivity index (χ2n) is 3.49. The number of carboxylic acids is 1. The zero-order chi connectivity index (χ0) is 13.3. The van der Waals surface area contributed by atoms with Crippen molar-refractivity contribution in [3.05, 3.63) is 47.8 Å². The highest BCUT2D eigenvalue weighted by Crippen LogP contribution is 2.33. The number of rotatable bonds is 2. The van der Waals surface area contributed by atoms with Crippen LogP contribution in [0.1, 0.15) is 15.9 Å². The predicted molar refractivity (Wildman–Crippen MR) is 55.5 cm³/mol. The van der Waals surface area contributed by atoms with Crippen molar-refractivity contribution in [2.24, 2.45) is 0 Å². The molecule has 7 heteroatoms. The van der Waals surface area contributed by atoms with Crippen LogP contribution in [-0.4, -0.2) is 20.9 Å². The van der Waals surface area contributed by atoms with Crippen LogP contribution in [0.4, 0.5) is 13.2 Å². The van der Waals surface area contributed by atoms with Gasteiger partial charge >= 0.3 is 12.1 Å². The molecule has 0 spiro atoms. The second kappa shape index (κ2) is 4.17. The quantitative estimate of drug-likeness (QED) is 0.898. The number of hydrogen-bond acceptors (Lipinski definition) is 2. The van der Waals surface area contributed by atoms with E-state index in [2.05, 4.69) is 5.10 Å². The zero-order valence-electron chi connectivity index (χ0n) is 8.85. The van der Waals surface area contributed by atoms with Crippen LogP contribution in [0.2, 0.25) is 0 Å². The maximum Gasteiger partial charge on any atom is 0.418 e. The highest BCUT2D eigenvalue weighted by molar-refractivity contribution is 5.87. The van der Waals surface area contributed by atoms with E-state index in [0.29, 0.717) is 0 Å². The molecule has 0 radical (unpaired) electrons. The summed E-state index contributed by atoms with van der Waals surface area (Å²) in [4.78, 5) is 10.7. The van der Waals surface area contributed by atoms with Crippen molar-refractivity contribution in [3.8, 4) is 5.69 Å². The molecule has 94 valence electrons. The molecular weight excluding hydrogens is 249 g/mol. The van der Waals surface area contributed by atoms with Gasteiger partial charge in [-0.3, -0.25) is 0 Å². The van der Waals surface area contributed by atoms with Gasteiger partial charge in [0.2, 0.25) is 0 Å². The van der Waals surface area contributed by atoms with Crippen LogP contribution in [0.15, 0.2) is 36.7 Å². The first kappa shape index (κ1) is 12.2. The Morgan fingerprint density at radius 3 is 2.50 bits per heavy atom. The van der Waals surface area contributed by atoms with E-state index in [9.17, 15) is 18.0 Å². The number of alkyl halides is 3. The molecule has 0 amide bonds. The highest BCUT2D eigenvalue weighted by atomic mass is 19.4. The third-order valence-corrected chi connectivity index (χ3v) is 2.29. The monoisotopic (exact) mass is 256 g/mol. The molecule has 4 nitrogen and oxygen atoms in total. The lowest BCUT2D eigenvalue weighted by atomic mass is 10.1. The van der Waals surface area contributed by atoms with Crippen molar-refractivity contribution >= 4 is 5.97 Å². The number of halogens is 3. The van der Waals surface area contributed by atoms with Gasteiger partial charge in [-0.05, 0) is 12.1 Å². The summed E-state index contributed by atoms with van der Waals surface area (Å²) in [5.41, 5.74) is -1.26. The fraction of sp³-hybridized carbons (Fsp3) is 0.0909. The number of aromatic nitrogens is 2. The Morgan fingerprint density at radius 1 is 1.28 bits per heavy atom. The number of carbonyl (C=O) groups is 1. The van der Waals surface area contributed by atoms with Gasteiger partial charge in [0.15, 0.2) is 0 Å². The van der Waals surface area contributed by atoms with E-state index >= 15 is 0 Å². The summed E-state index contributed by atoms with van der Waals surface area (Å²) in [6, 6.07) is 4.82. The van der Waals surface area contributed by atoms with Gasteiger partial charge in [-0.1, -0.05) is 12.1 Å². The Kier molecular flexibility index (Phi) is 2.82. The number of para-hydroxylation sites is 1. The number of benzene rings is 1. The van der Waals surface area contributed by atoms with Crippen molar-refractivity contribution in [2.75, 3.05) is 0 Å². The Morgan fingerprint density at radius 2 is 1.94 bits per heavy atom. The molecule has 0 bridgehead atoms. The maximum absolute atomic E-state index is 12.7. The largest absolute Gasteiger partial charge is 0.478 e. The van der Waals surface area contributed by atoms with Crippen molar-refractivity contribution in [2.45, 2.75) is 6.18 Å². The molecule has 0 fully saturated rings. The normalized spacial score (nSPS) is 11.5. The molecule has 0 aliphatic rings. The van der Waals surface area contributed by atoms with Crippen LogP contribution in [0.5, 0.6) is 0 Å². The first-order valence-electron chi connectivity index (χ1n) is 4.84. The lowest BCUT2D eigenvalue weighted by Crippen LogP contribution is -2.10. The van der Waals surface area contributed by atoms with Gasteiger partial charge < -0.3 is 5.11 Å². The minimum atomic E-state index is -4.52. The number of aromatic carboxylic acids is 1. The first-order valence-corrected chi connectivity index (χ1v) is 4.84. The van der Waals surface area contributed by atoms with Crippen molar-refractivity contribution in [3.63, 3.8) is 0 Å². The number of nitrogens with zero attached hydrogens (tertiary/aromatic N) is 2. The molecule has 1 heterocycles. The molecule has 0 saturated carbocycles. The van der Waals surface area contributed by atoms with Crippen LogP contribution >= 0.6 is 0 Å². The Hall–Kier alpha value is -2.31. The van der Waals surface area contributed by atoms with Gasteiger partial charge in [0.1, 0.15) is 0 Å². The summed E-state index contributed by atoms with van der Waals surface area (Å²) in [5.74, 6) is -1.24. The van der Waals surface area contributed by atoms with Gasteiger partial charge in [-0.25, -0.2) is 9.48 Å². The molecule has 18 heavy (non-hydrogen) atoms. The average Bonchev–Trinajstić information content (AvgIpc) is 2.77. The van der Waals surface area contributed by atoms with E-state index in [0.717, 1.165) is 23.1 Å². The van der Waals surface area contributed by atoms with Crippen LogP contribution in [-0.2, 0) is 6.18 Å². The fourth-order valence-electron chi connectivity index (χ4n) is 1.48. The summed E-state index contributed by atoms with van der Waals surface area (Å²) in [7, 11) is 0. The van der Waals surface area contributed by atoms with Crippen molar-refractivity contribution in [1.29, 1.82) is 0 Å². The Labute approximate surface area is 99.3 Å². The van der Waals surface area contributed by atoms with E-state index in [1.165, 1.54) is 18.2 Å². The van der Waals surface area contributed by atoms with Gasteiger partial charge in [0, 0.05) is 6.20 Å². The highest BCUT2D eigenvalue weighted by Gasteiger charge is 2.33. The lowest BCUT2D eigenvalue weighted by Gasteiger charge is -2.11. The molecule has 0 atom stereocenters. The van der Waals surface area contributed by atoms with E-state index in [4.69, 9.17) is 5.11 Å². The topological polar surface area (TPSA) is 55.1 Å². The minimum Gasteiger partial charge on any atom is -0.478 e. The molecule has 0 unspecified atom stereocenters. The summed E-state index contributed by atoms with van der Waals surface area (Å²) in [5, 5.41) is 12.3.